The van der Waals surface area contributed by atoms with E-state index in [0.29, 0.717) is 17.9 Å². The molecule has 1 unspecified atom stereocenters. The lowest BCUT2D eigenvalue weighted by Gasteiger charge is -2.11. The lowest BCUT2D eigenvalue weighted by atomic mass is 10.1. The molecule has 2 heterocycles. The van der Waals surface area contributed by atoms with Crippen molar-refractivity contribution in [1.29, 1.82) is 0 Å². The quantitative estimate of drug-likeness (QED) is 0.896. The molecule has 6 nitrogen and oxygen atoms in total. The first-order valence-corrected chi connectivity index (χ1v) is 6.38. The summed E-state index contributed by atoms with van der Waals surface area (Å²) >= 11 is 0. The van der Waals surface area contributed by atoms with Crippen molar-refractivity contribution in [2.45, 2.75) is 12.5 Å². The molecule has 1 aromatic carbocycles. The largest absolute Gasteiger partial charge is 0.480 e. The summed E-state index contributed by atoms with van der Waals surface area (Å²) < 4.78 is 5.57. The SMILES string of the molecule is O=C(O)c1cc(NC(=O)C2Cc3ccccc3O2)ccn1. The molecule has 0 radical (unpaired) electrons. The number of carbonyl (C=O) groups is 2. The number of rotatable bonds is 3. The molecule has 6 heteroatoms. The predicted molar refractivity (Wildman–Crippen MR) is 74.4 cm³/mol. The van der Waals surface area contributed by atoms with Gasteiger partial charge in [0.25, 0.3) is 5.91 Å². The van der Waals surface area contributed by atoms with Crippen molar-refractivity contribution >= 4 is 17.6 Å². The molecule has 0 bridgehead atoms. The molecular formula is C15H12N2O4. The Kier molecular flexibility index (Phi) is 3.27. The number of carboxylic acids is 1. The number of nitrogens with one attached hydrogen (secondary N) is 1. The second-order valence-electron chi connectivity index (χ2n) is 4.64. The molecule has 2 N–H and O–H groups in total. The summed E-state index contributed by atoms with van der Waals surface area (Å²) in [6.07, 6.45) is 1.23. The van der Waals surface area contributed by atoms with Crippen LogP contribution >= 0.6 is 0 Å². The average molecular weight is 284 g/mol. The zero-order chi connectivity index (χ0) is 14.8. The third-order valence-electron chi connectivity index (χ3n) is 3.19. The van der Waals surface area contributed by atoms with Crippen LogP contribution in [0.5, 0.6) is 5.75 Å². The Morgan fingerprint density at radius 3 is 2.86 bits per heavy atom. The summed E-state index contributed by atoms with van der Waals surface area (Å²) in [5, 5.41) is 11.5. The average Bonchev–Trinajstić information content (AvgIpc) is 2.91. The van der Waals surface area contributed by atoms with Crippen LogP contribution in [-0.2, 0) is 11.2 Å². The van der Waals surface area contributed by atoms with Gasteiger partial charge in [-0.15, -0.1) is 0 Å². The summed E-state index contributed by atoms with van der Waals surface area (Å²) in [7, 11) is 0. The molecule has 21 heavy (non-hydrogen) atoms. The van der Waals surface area contributed by atoms with Crippen LogP contribution in [-0.4, -0.2) is 28.1 Å². The number of para-hydroxylation sites is 1. The summed E-state index contributed by atoms with van der Waals surface area (Å²) in [6, 6.07) is 10.3. The van der Waals surface area contributed by atoms with Crippen LogP contribution in [0.3, 0.4) is 0 Å². The Balaban J connectivity index is 1.71. The Hall–Kier alpha value is -2.89. The highest BCUT2D eigenvalue weighted by molar-refractivity contribution is 5.96. The van der Waals surface area contributed by atoms with Crippen LogP contribution < -0.4 is 10.1 Å². The summed E-state index contributed by atoms with van der Waals surface area (Å²) in [5.74, 6) is -0.747. The number of ether oxygens (including phenoxy) is 1. The van der Waals surface area contributed by atoms with Gasteiger partial charge in [-0.1, -0.05) is 18.2 Å². The molecule has 0 saturated carbocycles. The number of carboxylic acid groups (broad SMARTS) is 1. The number of anilines is 1. The van der Waals surface area contributed by atoms with Gasteiger partial charge in [-0.3, -0.25) is 4.79 Å². The van der Waals surface area contributed by atoms with E-state index < -0.39 is 12.1 Å². The van der Waals surface area contributed by atoms with Crippen molar-refractivity contribution in [2.75, 3.05) is 5.32 Å². The number of fused-ring (bicyclic) bond motifs is 1. The molecule has 2 aromatic rings. The van der Waals surface area contributed by atoms with E-state index >= 15 is 0 Å². The van der Waals surface area contributed by atoms with Crippen molar-refractivity contribution in [2.24, 2.45) is 0 Å². The first-order chi connectivity index (χ1) is 10.1. The molecular weight excluding hydrogens is 272 g/mol. The van der Waals surface area contributed by atoms with Gasteiger partial charge in [0.2, 0.25) is 0 Å². The van der Waals surface area contributed by atoms with Crippen LogP contribution in [0.4, 0.5) is 5.69 Å². The van der Waals surface area contributed by atoms with Crippen LogP contribution in [0.1, 0.15) is 16.1 Å². The number of benzene rings is 1. The topological polar surface area (TPSA) is 88.5 Å². The van der Waals surface area contributed by atoms with Crippen molar-refractivity contribution < 1.29 is 19.4 Å². The van der Waals surface area contributed by atoms with Crippen molar-refractivity contribution in [3.8, 4) is 5.75 Å². The van der Waals surface area contributed by atoms with Gasteiger partial charge < -0.3 is 15.2 Å². The molecule has 1 aliphatic heterocycles. The molecule has 1 aliphatic rings. The fourth-order valence-corrected chi connectivity index (χ4v) is 2.18. The molecule has 1 atom stereocenters. The number of amides is 1. The number of hydrogen-bond acceptors (Lipinski definition) is 4. The Morgan fingerprint density at radius 2 is 2.10 bits per heavy atom. The van der Waals surface area contributed by atoms with Crippen molar-refractivity contribution in [3.63, 3.8) is 0 Å². The second kappa shape index (κ2) is 5.24. The Bertz CT molecular complexity index is 689. The fourth-order valence-electron chi connectivity index (χ4n) is 2.18. The number of hydrogen-bond donors (Lipinski definition) is 2. The first-order valence-electron chi connectivity index (χ1n) is 6.38. The van der Waals surface area contributed by atoms with E-state index in [9.17, 15) is 9.59 Å². The van der Waals surface area contributed by atoms with Crippen molar-refractivity contribution in [3.05, 3.63) is 53.9 Å². The van der Waals surface area contributed by atoms with Gasteiger partial charge in [0.1, 0.15) is 11.4 Å². The third-order valence-corrected chi connectivity index (χ3v) is 3.19. The maximum Gasteiger partial charge on any atom is 0.354 e. The number of aromatic carboxylic acids is 1. The highest BCUT2D eigenvalue weighted by Crippen LogP contribution is 2.28. The smallest absolute Gasteiger partial charge is 0.354 e. The normalized spacial score (nSPS) is 15.9. The summed E-state index contributed by atoms with van der Waals surface area (Å²) in [4.78, 5) is 26.7. The van der Waals surface area contributed by atoms with E-state index in [1.807, 2.05) is 24.3 Å². The predicted octanol–water partition coefficient (Wildman–Crippen LogP) is 1.72. The molecule has 1 aromatic heterocycles. The van der Waals surface area contributed by atoms with E-state index in [1.54, 1.807) is 0 Å². The van der Waals surface area contributed by atoms with Gasteiger partial charge in [-0.05, 0) is 23.8 Å². The molecule has 3 rings (SSSR count). The minimum Gasteiger partial charge on any atom is -0.480 e. The van der Waals surface area contributed by atoms with Gasteiger partial charge in [0.05, 0.1) is 0 Å². The van der Waals surface area contributed by atoms with Crippen molar-refractivity contribution in [1.82, 2.24) is 4.98 Å². The van der Waals surface area contributed by atoms with E-state index in [-0.39, 0.29) is 11.6 Å². The monoisotopic (exact) mass is 284 g/mol. The standard InChI is InChI=1S/C15H12N2O4/c18-14(13-7-9-3-1-2-4-12(9)21-13)17-10-5-6-16-11(8-10)15(19)20/h1-6,8,13H,7H2,(H,19,20)(H,16,17,18). The molecule has 1 amide bonds. The van der Waals surface area contributed by atoms with Gasteiger partial charge >= 0.3 is 5.97 Å². The maximum absolute atomic E-state index is 12.2. The second-order valence-corrected chi connectivity index (χ2v) is 4.64. The van der Waals surface area contributed by atoms with Gasteiger partial charge in [-0.2, -0.15) is 0 Å². The maximum atomic E-state index is 12.2. The third kappa shape index (κ3) is 2.69. The minimum atomic E-state index is -1.14. The van der Waals surface area contributed by atoms with Gasteiger partial charge in [0.15, 0.2) is 6.10 Å². The summed E-state index contributed by atoms with van der Waals surface area (Å²) in [6.45, 7) is 0. The summed E-state index contributed by atoms with van der Waals surface area (Å²) in [5.41, 5.74) is 1.24. The minimum absolute atomic E-state index is 0.122. The molecule has 0 fully saturated rings. The van der Waals surface area contributed by atoms with Crippen LogP contribution in [0.2, 0.25) is 0 Å². The van der Waals surface area contributed by atoms with Crippen LogP contribution in [0.15, 0.2) is 42.6 Å². The Morgan fingerprint density at radius 1 is 1.29 bits per heavy atom. The number of nitrogens with zero attached hydrogens (tertiary/aromatic N) is 1. The zero-order valence-electron chi connectivity index (χ0n) is 10.9. The highest BCUT2D eigenvalue weighted by Gasteiger charge is 2.28. The van der Waals surface area contributed by atoms with E-state index in [0.717, 1.165) is 5.56 Å². The van der Waals surface area contributed by atoms with E-state index in [2.05, 4.69) is 10.3 Å². The molecule has 0 spiro atoms. The Labute approximate surface area is 120 Å². The molecule has 106 valence electrons. The molecule has 0 aliphatic carbocycles. The highest BCUT2D eigenvalue weighted by atomic mass is 16.5. The molecule has 0 saturated heterocycles. The lowest BCUT2D eigenvalue weighted by Crippen LogP contribution is -2.31. The van der Waals surface area contributed by atoms with E-state index in [1.165, 1.54) is 18.3 Å². The fraction of sp³-hybridized carbons (Fsp3) is 0.133. The van der Waals surface area contributed by atoms with Gasteiger partial charge in [-0.25, -0.2) is 9.78 Å². The van der Waals surface area contributed by atoms with Crippen LogP contribution in [0.25, 0.3) is 0 Å². The number of aromatic nitrogens is 1. The first kappa shape index (κ1) is 13.1. The number of pyridine rings is 1. The lowest BCUT2D eigenvalue weighted by molar-refractivity contribution is -0.122. The van der Waals surface area contributed by atoms with Gasteiger partial charge in [0, 0.05) is 18.3 Å². The van der Waals surface area contributed by atoms with E-state index in [4.69, 9.17) is 9.84 Å². The zero-order valence-corrected chi connectivity index (χ0v) is 10.9. The van der Waals surface area contributed by atoms with Crippen LogP contribution in [0, 0.1) is 0 Å². The number of carbonyl (C=O) groups excluding carboxylic acids is 1.